The lowest BCUT2D eigenvalue weighted by molar-refractivity contribution is 0.404. The third-order valence-electron chi connectivity index (χ3n) is 4.27. The lowest BCUT2D eigenvalue weighted by Gasteiger charge is -2.36. The highest BCUT2D eigenvalue weighted by Crippen LogP contribution is 2.46. The summed E-state index contributed by atoms with van der Waals surface area (Å²) < 4.78 is 13.1. The van der Waals surface area contributed by atoms with Crippen LogP contribution >= 0.6 is 11.6 Å². The molecule has 1 aromatic carbocycles. The van der Waals surface area contributed by atoms with Gasteiger partial charge in [-0.05, 0) is 47.6 Å². The molecule has 1 atom stereocenters. The van der Waals surface area contributed by atoms with Gasteiger partial charge in [0.2, 0.25) is 5.28 Å². The van der Waals surface area contributed by atoms with Crippen LogP contribution in [0.1, 0.15) is 49.4 Å². The first-order valence-corrected chi connectivity index (χ1v) is 7.35. The first kappa shape index (κ1) is 14.3. The van der Waals surface area contributed by atoms with Crippen molar-refractivity contribution in [1.29, 1.82) is 0 Å². The van der Waals surface area contributed by atoms with E-state index in [-0.39, 0.29) is 22.4 Å². The minimum absolute atomic E-state index is 0.0800. The van der Waals surface area contributed by atoms with Crippen LogP contribution in [-0.2, 0) is 5.41 Å². The van der Waals surface area contributed by atoms with Gasteiger partial charge in [-0.3, -0.25) is 0 Å². The van der Waals surface area contributed by atoms with E-state index >= 15 is 0 Å². The lowest BCUT2D eigenvalue weighted by Crippen LogP contribution is -2.29. The number of nitrogen functional groups attached to an aromatic ring is 1. The molecule has 3 rings (SSSR count). The van der Waals surface area contributed by atoms with Crippen LogP contribution in [-0.4, -0.2) is 9.97 Å². The van der Waals surface area contributed by atoms with Crippen LogP contribution in [0.15, 0.2) is 24.3 Å². The van der Waals surface area contributed by atoms with Gasteiger partial charge in [-0.15, -0.1) is 0 Å². The number of halogens is 2. The Hall–Kier alpha value is -1.68. The molecule has 0 fully saturated rings. The maximum absolute atomic E-state index is 13.1. The largest absolute Gasteiger partial charge is 0.383 e. The molecule has 110 valence electrons. The number of nitrogens with two attached hydrogens (primary N) is 1. The molecule has 1 aliphatic rings. The molecule has 0 bridgehead atoms. The van der Waals surface area contributed by atoms with Gasteiger partial charge in [0.15, 0.2) is 0 Å². The highest BCUT2D eigenvalue weighted by atomic mass is 35.5. The van der Waals surface area contributed by atoms with Gasteiger partial charge in [-0.25, -0.2) is 14.4 Å². The van der Waals surface area contributed by atoms with Crippen molar-refractivity contribution in [3.63, 3.8) is 0 Å². The Bertz CT molecular complexity index is 683. The monoisotopic (exact) mass is 305 g/mol. The number of hydrogen-bond donors (Lipinski definition) is 1. The molecule has 21 heavy (non-hydrogen) atoms. The summed E-state index contributed by atoms with van der Waals surface area (Å²) in [6.45, 7) is 4.28. The summed E-state index contributed by atoms with van der Waals surface area (Å²) in [5.41, 5.74) is 8.87. The Labute approximate surface area is 128 Å². The van der Waals surface area contributed by atoms with Crippen LogP contribution in [0.2, 0.25) is 5.28 Å². The molecular formula is C16H17ClFN3. The van der Waals surface area contributed by atoms with Gasteiger partial charge in [-0.1, -0.05) is 26.0 Å². The van der Waals surface area contributed by atoms with Crippen LogP contribution < -0.4 is 5.73 Å². The van der Waals surface area contributed by atoms with Crippen molar-refractivity contribution in [2.45, 2.75) is 38.0 Å². The molecule has 0 aliphatic heterocycles. The van der Waals surface area contributed by atoms with Crippen molar-refractivity contribution in [3.05, 3.63) is 52.2 Å². The Balaban J connectivity index is 2.17. The smallest absolute Gasteiger partial charge is 0.224 e. The number of anilines is 1. The van der Waals surface area contributed by atoms with E-state index < -0.39 is 0 Å². The van der Waals surface area contributed by atoms with Crippen molar-refractivity contribution in [2.75, 3.05) is 5.73 Å². The maximum Gasteiger partial charge on any atom is 0.224 e. The molecule has 2 N–H and O–H groups in total. The predicted octanol–water partition coefficient (Wildman–Crippen LogP) is 4.05. The van der Waals surface area contributed by atoms with Crippen LogP contribution in [0.3, 0.4) is 0 Å². The van der Waals surface area contributed by atoms with Crippen LogP contribution in [0.25, 0.3) is 0 Å². The maximum atomic E-state index is 13.1. The third-order valence-corrected chi connectivity index (χ3v) is 4.44. The molecule has 1 aliphatic carbocycles. The number of benzene rings is 1. The van der Waals surface area contributed by atoms with Gasteiger partial charge in [0.05, 0.1) is 5.69 Å². The summed E-state index contributed by atoms with van der Waals surface area (Å²) in [5.74, 6) is 0.286. The van der Waals surface area contributed by atoms with E-state index in [1.165, 1.54) is 12.1 Å². The zero-order valence-electron chi connectivity index (χ0n) is 12.0. The number of nitrogens with zero attached hydrogens (tertiary/aromatic N) is 2. The number of rotatable bonds is 1. The van der Waals surface area contributed by atoms with E-state index in [1.807, 2.05) is 0 Å². The van der Waals surface area contributed by atoms with Gasteiger partial charge in [0, 0.05) is 11.5 Å². The summed E-state index contributed by atoms with van der Waals surface area (Å²) in [6, 6.07) is 6.55. The quantitative estimate of drug-likeness (QED) is 0.809. The zero-order valence-corrected chi connectivity index (χ0v) is 12.8. The number of fused-ring (bicyclic) bond motifs is 1. The second kappa shape index (κ2) is 4.95. The summed E-state index contributed by atoms with van der Waals surface area (Å²) in [7, 11) is 0. The Kier molecular flexibility index (Phi) is 3.36. The summed E-state index contributed by atoms with van der Waals surface area (Å²) >= 11 is 5.99. The molecule has 3 nitrogen and oxygen atoms in total. The van der Waals surface area contributed by atoms with E-state index in [4.69, 9.17) is 17.3 Å². The first-order chi connectivity index (χ1) is 9.88. The Morgan fingerprint density at radius 3 is 2.57 bits per heavy atom. The normalized spacial score (nSPS) is 20.1. The van der Waals surface area contributed by atoms with Gasteiger partial charge in [-0.2, -0.15) is 0 Å². The highest BCUT2D eigenvalue weighted by Gasteiger charge is 2.37. The van der Waals surface area contributed by atoms with Crippen molar-refractivity contribution in [3.8, 4) is 0 Å². The van der Waals surface area contributed by atoms with Gasteiger partial charge in [0.1, 0.15) is 11.6 Å². The van der Waals surface area contributed by atoms with E-state index in [0.29, 0.717) is 5.82 Å². The van der Waals surface area contributed by atoms with E-state index in [9.17, 15) is 4.39 Å². The Morgan fingerprint density at radius 2 is 1.90 bits per heavy atom. The number of hydrogen-bond acceptors (Lipinski definition) is 3. The summed E-state index contributed by atoms with van der Waals surface area (Å²) in [4.78, 5) is 8.53. The van der Waals surface area contributed by atoms with Crippen LogP contribution in [0.4, 0.5) is 10.2 Å². The van der Waals surface area contributed by atoms with E-state index in [1.54, 1.807) is 12.1 Å². The fraction of sp³-hybridized carbons (Fsp3) is 0.375. The molecular weight excluding hydrogens is 289 g/mol. The van der Waals surface area contributed by atoms with Crippen molar-refractivity contribution >= 4 is 17.4 Å². The van der Waals surface area contributed by atoms with Crippen molar-refractivity contribution in [2.24, 2.45) is 0 Å². The average Bonchev–Trinajstić information content (AvgIpc) is 2.39. The zero-order chi connectivity index (χ0) is 15.2. The second-order valence-corrected chi connectivity index (χ2v) is 6.50. The van der Waals surface area contributed by atoms with Crippen LogP contribution in [0.5, 0.6) is 0 Å². The number of aromatic nitrogens is 2. The average molecular weight is 306 g/mol. The van der Waals surface area contributed by atoms with Gasteiger partial charge < -0.3 is 5.73 Å². The predicted molar refractivity (Wildman–Crippen MR) is 82.0 cm³/mol. The summed E-state index contributed by atoms with van der Waals surface area (Å²) in [5, 5.41) is 0.163. The second-order valence-electron chi connectivity index (χ2n) is 6.16. The first-order valence-electron chi connectivity index (χ1n) is 6.97. The minimum Gasteiger partial charge on any atom is -0.383 e. The molecule has 1 unspecified atom stereocenters. The van der Waals surface area contributed by atoms with Crippen molar-refractivity contribution < 1.29 is 4.39 Å². The Morgan fingerprint density at radius 1 is 1.24 bits per heavy atom. The summed E-state index contributed by atoms with van der Waals surface area (Å²) in [6.07, 6.45) is 1.90. The molecule has 0 amide bonds. The molecule has 1 heterocycles. The molecule has 0 saturated carbocycles. The fourth-order valence-electron chi connectivity index (χ4n) is 3.20. The molecule has 0 spiro atoms. The molecule has 1 aromatic heterocycles. The van der Waals surface area contributed by atoms with Gasteiger partial charge >= 0.3 is 0 Å². The van der Waals surface area contributed by atoms with Crippen LogP contribution in [0, 0.1) is 5.82 Å². The molecule has 5 heteroatoms. The van der Waals surface area contributed by atoms with Crippen molar-refractivity contribution in [1.82, 2.24) is 9.97 Å². The third kappa shape index (κ3) is 2.48. The van der Waals surface area contributed by atoms with Gasteiger partial charge in [0.25, 0.3) is 0 Å². The fourth-order valence-corrected chi connectivity index (χ4v) is 3.38. The molecule has 0 radical (unpaired) electrons. The highest BCUT2D eigenvalue weighted by molar-refractivity contribution is 6.28. The molecule has 2 aromatic rings. The topological polar surface area (TPSA) is 51.8 Å². The SMILES string of the molecule is CC1(C)CCC(c2ccc(F)cc2)c2nc(Cl)nc(N)c21. The van der Waals surface area contributed by atoms with E-state index in [0.717, 1.165) is 29.7 Å². The van der Waals surface area contributed by atoms with E-state index in [2.05, 4.69) is 23.8 Å². The minimum atomic E-state index is -0.240. The standard InChI is InChI=1S/C16H17ClFN3/c1-16(2)8-7-11(9-3-5-10(18)6-4-9)13-12(16)14(19)21-15(17)20-13/h3-6,11H,7-8H2,1-2H3,(H2,19,20,21). The lowest BCUT2D eigenvalue weighted by atomic mass is 9.69. The molecule has 0 saturated heterocycles.